The molecule has 274 valence electrons. The fourth-order valence-electron chi connectivity index (χ4n) is 9.52. The van der Waals surface area contributed by atoms with E-state index in [9.17, 15) is 0 Å². The highest BCUT2D eigenvalue weighted by Crippen LogP contribution is 2.63. The minimum absolute atomic E-state index is 0.00106. The third-order valence-electron chi connectivity index (χ3n) is 12.0. The highest BCUT2D eigenvalue weighted by molar-refractivity contribution is 5.92. The number of benzene rings is 9. The summed E-state index contributed by atoms with van der Waals surface area (Å²) in [6.07, 6.45) is 0. The molecule has 2 nitrogen and oxygen atoms in total. The Hall–Kier alpha value is -7.42. The Labute approximate surface area is 339 Å². The fourth-order valence-corrected chi connectivity index (χ4v) is 9.52. The summed E-state index contributed by atoms with van der Waals surface area (Å²) in [5.41, 5.74) is 14.7. The molecule has 1 atom stereocenters. The van der Waals surface area contributed by atoms with Crippen molar-refractivity contribution >= 4 is 0 Å². The zero-order valence-electron chi connectivity index (χ0n) is 31.8. The maximum atomic E-state index is 7.25. The summed E-state index contributed by atoms with van der Waals surface area (Å²) >= 11 is 0. The van der Waals surface area contributed by atoms with E-state index in [-0.39, 0.29) is 5.92 Å². The lowest BCUT2D eigenvalue weighted by Crippen LogP contribution is -2.28. The molecule has 0 N–H and O–H groups in total. The molecule has 1 unspecified atom stereocenters. The van der Waals surface area contributed by atoms with Gasteiger partial charge in [0.1, 0.15) is 0 Å². The monoisotopic (exact) mass is 742 g/mol. The molecule has 0 spiro atoms. The van der Waals surface area contributed by atoms with E-state index in [2.05, 4.69) is 218 Å². The zero-order chi connectivity index (χ0) is 38.5. The fraction of sp³-hybridized carbons (Fsp3) is 0.0357. The standard InChI is InChI=1S/C56H38O2/c1-5-19-38(20-6-1)44-29-13-14-30-46(44)52(39-21-7-2-8-22-39)41-24-17-23-40(37-41)45-32-18-34-50-54(45)58-55-51(57-50)36-35-49-53(55)47-31-15-16-33-48(47)56(49,42-25-9-3-10-26-42)43-27-11-4-12-28-43/h1-37,52H. The molecule has 0 saturated heterocycles. The SMILES string of the molecule is c1ccc(-c2ccccc2C(c2ccccc2)c2cccc(-c3cccc4c3Oc3c(ccc5c3-c3ccccc3C5(c3ccccc3)c3ccccc3)O4)c2)cc1. The Morgan fingerprint density at radius 1 is 0.345 bits per heavy atom. The van der Waals surface area contributed by atoms with E-state index in [0.29, 0.717) is 11.5 Å². The van der Waals surface area contributed by atoms with Crippen LogP contribution in [0.25, 0.3) is 33.4 Å². The van der Waals surface area contributed by atoms with Gasteiger partial charge in [-0.2, -0.15) is 0 Å². The first-order chi connectivity index (χ1) is 28.8. The van der Waals surface area contributed by atoms with Gasteiger partial charge in [-0.15, -0.1) is 0 Å². The van der Waals surface area contributed by atoms with Crippen LogP contribution in [0.4, 0.5) is 0 Å². The topological polar surface area (TPSA) is 18.5 Å². The molecule has 1 heterocycles. The highest BCUT2D eigenvalue weighted by atomic mass is 16.6. The van der Waals surface area contributed by atoms with E-state index in [0.717, 1.165) is 33.8 Å². The average molecular weight is 743 g/mol. The Morgan fingerprint density at radius 3 is 1.64 bits per heavy atom. The minimum Gasteiger partial charge on any atom is -0.449 e. The number of hydrogen-bond acceptors (Lipinski definition) is 2. The van der Waals surface area contributed by atoms with Crippen molar-refractivity contribution < 1.29 is 9.47 Å². The number of ether oxygens (including phenoxy) is 2. The van der Waals surface area contributed by atoms with Gasteiger partial charge in [0.15, 0.2) is 23.0 Å². The molecule has 0 radical (unpaired) electrons. The van der Waals surface area contributed by atoms with Crippen LogP contribution in [0.3, 0.4) is 0 Å². The molecule has 2 heteroatoms. The van der Waals surface area contributed by atoms with Crippen LogP contribution in [0.1, 0.15) is 44.9 Å². The van der Waals surface area contributed by atoms with Crippen molar-refractivity contribution in [2.24, 2.45) is 0 Å². The molecule has 9 aromatic carbocycles. The van der Waals surface area contributed by atoms with Gasteiger partial charge in [0.2, 0.25) is 0 Å². The summed E-state index contributed by atoms with van der Waals surface area (Å²) in [6.45, 7) is 0. The van der Waals surface area contributed by atoms with Crippen molar-refractivity contribution in [3.05, 3.63) is 263 Å². The van der Waals surface area contributed by atoms with Gasteiger partial charge in [-0.05, 0) is 73.3 Å². The molecule has 58 heavy (non-hydrogen) atoms. The van der Waals surface area contributed by atoms with Crippen molar-refractivity contribution in [3.63, 3.8) is 0 Å². The maximum absolute atomic E-state index is 7.25. The van der Waals surface area contributed by atoms with Crippen LogP contribution >= 0.6 is 0 Å². The summed E-state index contributed by atoms with van der Waals surface area (Å²) in [4.78, 5) is 0. The van der Waals surface area contributed by atoms with Crippen molar-refractivity contribution in [3.8, 4) is 56.4 Å². The second-order valence-electron chi connectivity index (χ2n) is 15.1. The Balaban J connectivity index is 1.07. The summed E-state index contributed by atoms with van der Waals surface area (Å²) in [5.74, 6) is 2.88. The van der Waals surface area contributed by atoms with Gasteiger partial charge in [0.05, 0.1) is 5.41 Å². The summed E-state index contributed by atoms with van der Waals surface area (Å²) < 4.78 is 14.1. The summed E-state index contributed by atoms with van der Waals surface area (Å²) in [7, 11) is 0. The Bertz CT molecular complexity index is 2900. The highest BCUT2D eigenvalue weighted by Gasteiger charge is 2.48. The largest absolute Gasteiger partial charge is 0.449 e. The van der Waals surface area contributed by atoms with Crippen LogP contribution in [0.2, 0.25) is 0 Å². The van der Waals surface area contributed by atoms with Crippen LogP contribution in [-0.2, 0) is 5.41 Å². The molecule has 1 aliphatic carbocycles. The number of para-hydroxylation sites is 1. The van der Waals surface area contributed by atoms with Crippen LogP contribution in [0, 0.1) is 0 Å². The smallest absolute Gasteiger partial charge is 0.178 e. The van der Waals surface area contributed by atoms with E-state index in [4.69, 9.17) is 9.47 Å². The normalized spacial score (nSPS) is 13.5. The molecule has 0 bridgehead atoms. The lowest BCUT2D eigenvalue weighted by atomic mass is 9.68. The molecule has 2 aliphatic rings. The van der Waals surface area contributed by atoms with Crippen LogP contribution in [-0.4, -0.2) is 0 Å². The zero-order valence-corrected chi connectivity index (χ0v) is 31.8. The van der Waals surface area contributed by atoms with E-state index in [1.165, 1.54) is 50.1 Å². The quantitative estimate of drug-likeness (QED) is 0.151. The first-order valence-corrected chi connectivity index (χ1v) is 20.0. The average Bonchev–Trinajstić information content (AvgIpc) is 3.61. The first-order valence-electron chi connectivity index (χ1n) is 20.0. The molecular formula is C56H38O2. The van der Waals surface area contributed by atoms with E-state index in [1.54, 1.807) is 0 Å². The summed E-state index contributed by atoms with van der Waals surface area (Å²) in [5, 5.41) is 0. The Morgan fingerprint density at radius 2 is 0.897 bits per heavy atom. The number of rotatable bonds is 7. The maximum Gasteiger partial charge on any atom is 0.178 e. The van der Waals surface area contributed by atoms with Crippen molar-refractivity contribution in [1.29, 1.82) is 0 Å². The van der Waals surface area contributed by atoms with E-state index in [1.807, 2.05) is 6.07 Å². The van der Waals surface area contributed by atoms with Crippen LogP contribution < -0.4 is 9.47 Å². The van der Waals surface area contributed by atoms with Gasteiger partial charge >= 0.3 is 0 Å². The Kier molecular flexibility index (Phi) is 8.15. The molecule has 0 aromatic heterocycles. The van der Waals surface area contributed by atoms with Gasteiger partial charge < -0.3 is 9.47 Å². The van der Waals surface area contributed by atoms with Crippen LogP contribution in [0.15, 0.2) is 224 Å². The first kappa shape index (κ1) is 33.9. The van der Waals surface area contributed by atoms with Crippen LogP contribution in [0.5, 0.6) is 23.0 Å². The second-order valence-corrected chi connectivity index (χ2v) is 15.1. The van der Waals surface area contributed by atoms with Gasteiger partial charge in [-0.1, -0.05) is 212 Å². The third-order valence-corrected chi connectivity index (χ3v) is 12.0. The van der Waals surface area contributed by atoms with Gasteiger partial charge in [-0.25, -0.2) is 0 Å². The molecule has 1 aliphatic heterocycles. The molecular weight excluding hydrogens is 705 g/mol. The third kappa shape index (κ3) is 5.33. The van der Waals surface area contributed by atoms with Gasteiger partial charge in [0.25, 0.3) is 0 Å². The minimum atomic E-state index is -0.538. The number of fused-ring (bicyclic) bond motifs is 6. The summed E-state index contributed by atoms with van der Waals surface area (Å²) in [6, 6.07) is 80.3. The lowest BCUT2D eigenvalue weighted by molar-refractivity contribution is 0.361. The van der Waals surface area contributed by atoms with Crippen molar-refractivity contribution in [2.45, 2.75) is 11.3 Å². The predicted molar refractivity (Wildman–Crippen MR) is 235 cm³/mol. The number of hydrogen-bond donors (Lipinski definition) is 0. The lowest BCUT2D eigenvalue weighted by Gasteiger charge is -2.34. The van der Waals surface area contributed by atoms with Crippen molar-refractivity contribution in [2.75, 3.05) is 0 Å². The van der Waals surface area contributed by atoms with Crippen molar-refractivity contribution in [1.82, 2.24) is 0 Å². The predicted octanol–water partition coefficient (Wildman–Crippen LogP) is 14.5. The van der Waals surface area contributed by atoms with Gasteiger partial charge in [-0.3, -0.25) is 0 Å². The van der Waals surface area contributed by atoms with Gasteiger partial charge in [0, 0.05) is 17.0 Å². The molecule has 11 rings (SSSR count). The van der Waals surface area contributed by atoms with E-state index < -0.39 is 5.41 Å². The molecule has 0 saturated carbocycles. The second kappa shape index (κ2) is 14.0. The molecule has 0 amide bonds. The van der Waals surface area contributed by atoms with E-state index >= 15 is 0 Å². The molecule has 9 aromatic rings. The molecule has 0 fully saturated rings.